The zero-order valence-electron chi connectivity index (χ0n) is 11.6. The molecule has 2 rings (SSSR count). The number of amides is 2. The number of aromatic nitrogens is 2. The van der Waals surface area contributed by atoms with E-state index in [0.29, 0.717) is 18.1 Å². The van der Waals surface area contributed by atoms with E-state index in [0.717, 1.165) is 0 Å². The molecule has 0 radical (unpaired) electrons. The molecule has 2 atom stereocenters. The normalized spacial score (nSPS) is 27.6. The van der Waals surface area contributed by atoms with E-state index < -0.39 is 11.6 Å². The highest BCUT2D eigenvalue weighted by atomic mass is 16.5. The van der Waals surface area contributed by atoms with Crippen LogP contribution in [0.1, 0.15) is 38.9 Å². The largest absolute Gasteiger partial charge is 0.340 e. The number of nitrogens with one attached hydrogen (secondary N) is 1. The third-order valence-corrected chi connectivity index (χ3v) is 3.56. The summed E-state index contributed by atoms with van der Waals surface area (Å²) in [4.78, 5) is 30.0. The van der Waals surface area contributed by atoms with Crippen LogP contribution in [-0.4, -0.2) is 38.4 Å². The Morgan fingerprint density at radius 3 is 2.68 bits per heavy atom. The average molecular weight is 266 g/mol. The smallest absolute Gasteiger partial charge is 0.249 e. The lowest BCUT2D eigenvalue weighted by Gasteiger charge is -2.42. The van der Waals surface area contributed by atoms with Crippen LogP contribution in [0.25, 0.3) is 0 Å². The molecule has 104 valence electrons. The summed E-state index contributed by atoms with van der Waals surface area (Å²) in [6.07, 6.45) is 0.531. The van der Waals surface area contributed by atoms with Gasteiger partial charge in [0.2, 0.25) is 17.7 Å². The quantitative estimate of drug-likeness (QED) is 0.855. The predicted molar refractivity (Wildman–Crippen MR) is 65.9 cm³/mol. The molecule has 0 bridgehead atoms. The Hall–Kier alpha value is -1.92. The van der Waals surface area contributed by atoms with Gasteiger partial charge < -0.3 is 14.7 Å². The van der Waals surface area contributed by atoms with Crippen LogP contribution in [0.2, 0.25) is 0 Å². The summed E-state index contributed by atoms with van der Waals surface area (Å²) in [6, 6.07) is -0.542. The van der Waals surface area contributed by atoms with E-state index >= 15 is 0 Å². The zero-order chi connectivity index (χ0) is 14.2. The molecular weight excluding hydrogens is 248 g/mol. The Labute approximate surface area is 111 Å². The van der Waals surface area contributed by atoms with Crippen molar-refractivity contribution in [3.8, 4) is 0 Å². The fourth-order valence-corrected chi connectivity index (χ4v) is 2.06. The number of rotatable bonds is 3. The van der Waals surface area contributed by atoms with Gasteiger partial charge in [-0.05, 0) is 27.2 Å². The van der Waals surface area contributed by atoms with Crippen LogP contribution in [0.5, 0.6) is 0 Å². The Morgan fingerprint density at radius 1 is 1.47 bits per heavy atom. The van der Waals surface area contributed by atoms with E-state index in [2.05, 4.69) is 15.5 Å². The van der Waals surface area contributed by atoms with Crippen molar-refractivity contribution in [3.05, 3.63) is 11.7 Å². The highest BCUT2D eigenvalue weighted by Gasteiger charge is 2.45. The molecule has 0 aromatic carbocycles. The molecule has 2 amide bonds. The first-order valence-electron chi connectivity index (χ1n) is 6.29. The first-order chi connectivity index (χ1) is 8.87. The van der Waals surface area contributed by atoms with Crippen molar-refractivity contribution in [1.29, 1.82) is 0 Å². The molecule has 0 saturated carbocycles. The summed E-state index contributed by atoms with van der Waals surface area (Å²) >= 11 is 0. The molecular formula is C12H18N4O3. The topological polar surface area (TPSA) is 88.3 Å². The van der Waals surface area contributed by atoms with Crippen LogP contribution in [0.3, 0.4) is 0 Å². The Balaban J connectivity index is 2.25. The van der Waals surface area contributed by atoms with Crippen molar-refractivity contribution in [1.82, 2.24) is 20.4 Å². The summed E-state index contributed by atoms with van der Waals surface area (Å²) in [5.74, 6) is 0.554. The van der Waals surface area contributed by atoms with Gasteiger partial charge in [-0.2, -0.15) is 4.98 Å². The van der Waals surface area contributed by atoms with Gasteiger partial charge in [-0.25, -0.2) is 0 Å². The van der Waals surface area contributed by atoms with Crippen LogP contribution in [0, 0.1) is 6.92 Å². The summed E-state index contributed by atoms with van der Waals surface area (Å²) in [7, 11) is 0. The van der Waals surface area contributed by atoms with Crippen molar-refractivity contribution in [2.75, 3.05) is 0 Å². The van der Waals surface area contributed by atoms with Crippen LogP contribution < -0.4 is 5.32 Å². The lowest BCUT2D eigenvalue weighted by molar-refractivity contribution is -0.154. The van der Waals surface area contributed by atoms with Gasteiger partial charge in [-0.1, -0.05) is 12.1 Å². The molecule has 19 heavy (non-hydrogen) atoms. The second-order valence-corrected chi connectivity index (χ2v) is 5.02. The molecule has 1 fully saturated rings. The maximum absolute atomic E-state index is 12.5. The van der Waals surface area contributed by atoms with E-state index in [4.69, 9.17) is 4.52 Å². The maximum atomic E-state index is 12.5. The minimum atomic E-state index is -0.862. The molecule has 2 unspecified atom stereocenters. The highest BCUT2D eigenvalue weighted by Crippen LogP contribution is 2.22. The Bertz CT molecular complexity index is 513. The van der Waals surface area contributed by atoms with E-state index in [1.165, 1.54) is 4.90 Å². The Kier molecular flexibility index (Phi) is 3.30. The monoisotopic (exact) mass is 266 g/mol. The van der Waals surface area contributed by atoms with Crippen LogP contribution >= 0.6 is 0 Å². The Morgan fingerprint density at radius 2 is 2.16 bits per heavy atom. The number of aryl methyl sites for hydroxylation is 1. The predicted octanol–water partition coefficient (Wildman–Crippen LogP) is 0.394. The summed E-state index contributed by atoms with van der Waals surface area (Å²) in [5.41, 5.74) is -0.862. The van der Waals surface area contributed by atoms with Gasteiger partial charge in [-0.3, -0.25) is 9.59 Å². The number of hydrogen-bond donors (Lipinski definition) is 1. The fraction of sp³-hybridized carbons (Fsp3) is 0.667. The molecule has 1 aromatic rings. The third-order valence-electron chi connectivity index (χ3n) is 3.56. The van der Waals surface area contributed by atoms with Gasteiger partial charge in [0.15, 0.2) is 5.82 Å². The van der Waals surface area contributed by atoms with Crippen molar-refractivity contribution in [3.63, 3.8) is 0 Å². The van der Waals surface area contributed by atoms with Crippen molar-refractivity contribution in [2.24, 2.45) is 0 Å². The van der Waals surface area contributed by atoms with E-state index in [9.17, 15) is 9.59 Å². The number of hydrogen-bond acceptors (Lipinski definition) is 5. The van der Waals surface area contributed by atoms with Gasteiger partial charge in [-0.15, -0.1) is 0 Å². The summed E-state index contributed by atoms with van der Waals surface area (Å²) in [6.45, 7) is 7.14. The molecule has 0 spiro atoms. The van der Waals surface area contributed by atoms with Crippen LogP contribution in [0.15, 0.2) is 4.52 Å². The molecule has 7 heteroatoms. The molecule has 1 aromatic heterocycles. The second-order valence-electron chi connectivity index (χ2n) is 5.02. The molecule has 1 aliphatic rings. The average Bonchev–Trinajstić information content (AvgIpc) is 2.78. The SMILES string of the molecule is CCC1(C)NC(=O)C(C)N(Cc2nc(C)no2)C1=O. The zero-order valence-corrected chi connectivity index (χ0v) is 11.6. The number of nitrogens with zero attached hydrogens (tertiary/aromatic N) is 3. The lowest BCUT2D eigenvalue weighted by Crippen LogP contribution is -2.68. The minimum absolute atomic E-state index is 0.127. The number of carbonyl (C=O) groups excluding carboxylic acids is 2. The number of carbonyl (C=O) groups is 2. The highest BCUT2D eigenvalue weighted by molar-refractivity contribution is 5.99. The molecule has 1 aliphatic heterocycles. The summed E-state index contributed by atoms with van der Waals surface area (Å²) < 4.78 is 5.01. The first kappa shape index (κ1) is 13.5. The van der Waals surface area contributed by atoms with Crippen molar-refractivity contribution >= 4 is 11.8 Å². The van der Waals surface area contributed by atoms with E-state index in [1.807, 2.05) is 6.92 Å². The summed E-state index contributed by atoms with van der Waals surface area (Å²) in [5, 5.41) is 6.45. The minimum Gasteiger partial charge on any atom is -0.340 e. The molecule has 2 heterocycles. The van der Waals surface area contributed by atoms with Gasteiger partial charge in [0.05, 0.1) is 0 Å². The maximum Gasteiger partial charge on any atom is 0.249 e. The van der Waals surface area contributed by atoms with E-state index in [1.54, 1.807) is 20.8 Å². The van der Waals surface area contributed by atoms with E-state index in [-0.39, 0.29) is 18.4 Å². The van der Waals surface area contributed by atoms with Crippen LogP contribution in [-0.2, 0) is 16.1 Å². The lowest BCUT2D eigenvalue weighted by atomic mass is 9.92. The molecule has 1 N–H and O–H groups in total. The third kappa shape index (κ3) is 2.32. The number of piperazine rings is 1. The fourth-order valence-electron chi connectivity index (χ4n) is 2.06. The molecule has 0 aliphatic carbocycles. The van der Waals surface area contributed by atoms with Gasteiger partial charge >= 0.3 is 0 Å². The van der Waals surface area contributed by atoms with Crippen molar-refractivity contribution in [2.45, 2.75) is 52.2 Å². The van der Waals surface area contributed by atoms with Gasteiger partial charge in [0.1, 0.15) is 18.1 Å². The first-order valence-corrected chi connectivity index (χ1v) is 6.29. The van der Waals surface area contributed by atoms with Gasteiger partial charge in [0.25, 0.3) is 0 Å². The van der Waals surface area contributed by atoms with Crippen molar-refractivity contribution < 1.29 is 14.1 Å². The second kappa shape index (κ2) is 4.64. The standard InChI is InChI=1S/C12H18N4O3/c1-5-12(4)11(18)16(7(2)10(17)14-12)6-9-13-8(3)15-19-9/h7H,5-6H2,1-4H3,(H,14,17). The molecule has 1 saturated heterocycles. The molecule has 7 nitrogen and oxygen atoms in total. The van der Waals surface area contributed by atoms with Crippen LogP contribution in [0.4, 0.5) is 0 Å². The van der Waals surface area contributed by atoms with Gasteiger partial charge in [0, 0.05) is 0 Å².